The second-order valence-electron chi connectivity index (χ2n) is 5.68. The summed E-state index contributed by atoms with van der Waals surface area (Å²) in [6.45, 7) is 0. The Hall–Kier alpha value is -1.97. The van der Waals surface area contributed by atoms with Gasteiger partial charge in [-0.05, 0) is 36.6 Å². The Morgan fingerprint density at radius 2 is 1.64 bits per heavy atom. The fourth-order valence-electron chi connectivity index (χ4n) is 2.77. The number of nitrogens with one attached hydrogen (secondary N) is 1. The van der Waals surface area contributed by atoms with Crippen LogP contribution in [0.2, 0.25) is 0 Å². The highest BCUT2D eigenvalue weighted by molar-refractivity contribution is 5.92. The highest BCUT2D eigenvalue weighted by Gasteiger charge is 2.13. The number of methoxy groups -OCH3 is 2. The average Bonchev–Trinajstić information content (AvgIpc) is 2.81. The molecule has 1 saturated carbocycles. The monoisotopic (exact) mass is 303 g/mol. The van der Waals surface area contributed by atoms with E-state index in [1.807, 2.05) is 18.2 Å². The van der Waals surface area contributed by atoms with Gasteiger partial charge in [0.05, 0.1) is 14.2 Å². The molecule has 1 amide bonds. The van der Waals surface area contributed by atoms with E-state index in [4.69, 9.17) is 9.47 Å². The van der Waals surface area contributed by atoms with E-state index < -0.39 is 0 Å². The SMILES string of the molecule is COc1cc(/C=C/C(=O)NC2CCCCCC2)cc(OC)c1. The van der Waals surface area contributed by atoms with Gasteiger partial charge in [0.1, 0.15) is 11.5 Å². The number of benzene rings is 1. The van der Waals surface area contributed by atoms with Crippen LogP contribution in [0.25, 0.3) is 6.08 Å². The molecule has 0 bridgehead atoms. The number of carbonyl (C=O) groups excluding carboxylic acids is 1. The smallest absolute Gasteiger partial charge is 0.244 e. The van der Waals surface area contributed by atoms with Crippen LogP contribution in [0.15, 0.2) is 24.3 Å². The van der Waals surface area contributed by atoms with E-state index in [2.05, 4.69) is 5.32 Å². The molecule has 1 N–H and O–H groups in total. The van der Waals surface area contributed by atoms with Crippen LogP contribution in [0.3, 0.4) is 0 Å². The van der Waals surface area contributed by atoms with Crippen LogP contribution < -0.4 is 14.8 Å². The third-order valence-corrected chi connectivity index (χ3v) is 4.00. The molecule has 0 atom stereocenters. The maximum atomic E-state index is 12.0. The number of hydrogen-bond acceptors (Lipinski definition) is 3. The Bertz CT molecular complexity index is 495. The van der Waals surface area contributed by atoms with E-state index in [0.717, 1.165) is 18.4 Å². The fraction of sp³-hybridized carbons (Fsp3) is 0.500. The number of hydrogen-bond donors (Lipinski definition) is 1. The summed E-state index contributed by atoms with van der Waals surface area (Å²) in [4.78, 5) is 12.0. The molecule has 0 aromatic heterocycles. The summed E-state index contributed by atoms with van der Waals surface area (Å²) in [5.74, 6) is 1.39. The Balaban J connectivity index is 1.96. The average molecular weight is 303 g/mol. The van der Waals surface area contributed by atoms with Gasteiger partial charge in [0.2, 0.25) is 5.91 Å². The zero-order valence-electron chi connectivity index (χ0n) is 13.4. The molecule has 1 aliphatic carbocycles. The number of amides is 1. The molecule has 0 radical (unpaired) electrons. The highest BCUT2D eigenvalue weighted by Crippen LogP contribution is 2.23. The lowest BCUT2D eigenvalue weighted by Gasteiger charge is -2.14. The molecule has 1 aliphatic rings. The molecule has 0 unspecified atom stereocenters. The first-order chi connectivity index (χ1) is 10.7. The lowest BCUT2D eigenvalue weighted by molar-refractivity contribution is -0.117. The number of rotatable bonds is 5. The van der Waals surface area contributed by atoms with Crippen molar-refractivity contribution in [2.75, 3.05) is 14.2 Å². The quantitative estimate of drug-likeness (QED) is 0.668. The van der Waals surface area contributed by atoms with E-state index in [0.29, 0.717) is 17.5 Å². The van der Waals surface area contributed by atoms with Crippen molar-refractivity contribution in [2.24, 2.45) is 0 Å². The predicted molar refractivity (Wildman–Crippen MR) is 88.2 cm³/mol. The minimum atomic E-state index is -0.0336. The molecule has 0 saturated heterocycles. The molecule has 4 nitrogen and oxygen atoms in total. The summed E-state index contributed by atoms with van der Waals surface area (Å²) >= 11 is 0. The second-order valence-corrected chi connectivity index (χ2v) is 5.68. The van der Waals surface area contributed by atoms with Gasteiger partial charge in [-0.2, -0.15) is 0 Å². The third kappa shape index (κ3) is 5.10. The summed E-state index contributed by atoms with van der Waals surface area (Å²) in [6.07, 6.45) is 10.5. The molecule has 2 rings (SSSR count). The first kappa shape index (κ1) is 16.4. The van der Waals surface area contributed by atoms with Crippen molar-refractivity contribution in [3.63, 3.8) is 0 Å². The summed E-state index contributed by atoms with van der Waals surface area (Å²) < 4.78 is 10.5. The molecule has 1 aromatic carbocycles. The number of carbonyl (C=O) groups is 1. The van der Waals surface area contributed by atoms with Crippen LogP contribution in [0.5, 0.6) is 11.5 Å². The largest absolute Gasteiger partial charge is 0.497 e. The molecule has 0 spiro atoms. The van der Waals surface area contributed by atoms with Gasteiger partial charge in [-0.25, -0.2) is 0 Å². The van der Waals surface area contributed by atoms with E-state index in [9.17, 15) is 4.79 Å². The van der Waals surface area contributed by atoms with Crippen LogP contribution in [0.4, 0.5) is 0 Å². The first-order valence-electron chi connectivity index (χ1n) is 7.93. The van der Waals surface area contributed by atoms with Crippen molar-refractivity contribution < 1.29 is 14.3 Å². The third-order valence-electron chi connectivity index (χ3n) is 4.00. The van der Waals surface area contributed by atoms with Gasteiger partial charge >= 0.3 is 0 Å². The van der Waals surface area contributed by atoms with Gasteiger partial charge in [-0.15, -0.1) is 0 Å². The maximum Gasteiger partial charge on any atom is 0.244 e. The van der Waals surface area contributed by atoms with Gasteiger partial charge in [-0.3, -0.25) is 4.79 Å². The van der Waals surface area contributed by atoms with Crippen LogP contribution >= 0.6 is 0 Å². The van der Waals surface area contributed by atoms with Crippen molar-refractivity contribution >= 4 is 12.0 Å². The second kappa shape index (κ2) is 8.47. The fourth-order valence-corrected chi connectivity index (χ4v) is 2.77. The van der Waals surface area contributed by atoms with Crippen molar-refractivity contribution in [1.82, 2.24) is 5.32 Å². The minimum absolute atomic E-state index is 0.0336. The summed E-state index contributed by atoms with van der Waals surface area (Å²) in [5.41, 5.74) is 0.882. The molecule has 120 valence electrons. The van der Waals surface area contributed by atoms with Crippen molar-refractivity contribution in [3.8, 4) is 11.5 Å². The van der Waals surface area contributed by atoms with E-state index in [-0.39, 0.29) is 5.91 Å². The minimum Gasteiger partial charge on any atom is -0.497 e. The summed E-state index contributed by atoms with van der Waals surface area (Å²) in [7, 11) is 3.22. The van der Waals surface area contributed by atoms with Crippen LogP contribution in [0.1, 0.15) is 44.1 Å². The van der Waals surface area contributed by atoms with E-state index in [1.54, 1.807) is 26.4 Å². The Morgan fingerprint density at radius 3 is 2.18 bits per heavy atom. The van der Waals surface area contributed by atoms with E-state index >= 15 is 0 Å². The number of ether oxygens (including phenoxy) is 2. The van der Waals surface area contributed by atoms with Crippen molar-refractivity contribution in [2.45, 2.75) is 44.6 Å². The summed E-state index contributed by atoms with van der Waals surface area (Å²) in [6, 6.07) is 5.87. The first-order valence-corrected chi connectivity index (χ1v) is 7.93. The topological polar surface area (TPSA) is 47.6 Å². The molecule has 0 heterocycles. The van der Waals surface area contributed by atoms with Crippen molar-refractivity contribution in [3.05, 3.63) is 29.8 Å². The molecular weight excluding hydrogens is 278 g/mol. The Kier molecular flexibility index (Phi) is 6.31. The lowest BCUT2D eigenvalue weighted by Crippen LogP contribution is -2.33. The van der Waals surface area contributed by atoms with E-state index in [1.165, 1.54) is 25.7 Å². The molecule has 22 heavy (non-hydrogen) atoms. The highest BCUT2D eigenvalue weighted by atomic mass is 16.5. The zero-order valence-corrected chi connectivity index (χ0v) is 13.4. The van der Waals surface area contributed by atoms with Crippen LogP contribution in [0, 0.1) is 0 Å². The molecular formula is C18H25NO3. The molecule has 0 aliphatic heterocycles. The molecule has 4 heteroatoms. The van der Waals surface area contributed by atoms with Gasteiger partial charge < -0.3 is 14.8 Å². The van der Waals surface area contributed by atoms with Crippen LogP contribution in [-0.4, -0.2) is 26.2 Å². The zero-order chi connectivity index (χ0) is 15.8. The van der Waals surface area contributed by atoms with Gasteiger partial charge in [0.15, 0.2) is 0 Å². The molecule has 1 aromatic rings. The van der Waals surface area contributed by atoms with Gasteiger partial charge in [0.25, 0.3) is 0 Å². The van der Waals surface area contributed by atoms with Gasteiger partial charge in [-0.1, -0.05) is 25.7 Å². The summed E-state index contributed by atoms with van der Waals surface area (Å²) in [5, 5.41) is 3.10. The maximum absolute atomic E-state index is 12.0. The van der Waals surface area contributed by atoms with Crippen LogP contribution in [-0.2, 0) is 4.79 Å². The lowest BCUT2D eigenvalue weighted by atomic mass is 10.1. The normalized spacial score (nSPS) is 16.3. The van der Waals surface area contributed by atoms with Crippen molar-refractivity contribution in [1.29, 1.82) is 0 Å². The Labute approximate surface area is 132 Å². The standard InChI is InChI=1S/C18H25NO3/c1-21-16-11-14(12-17(13-16)22-2)9-10-18(20)19-15-7-5-3-4-6-8-15/h9-13,15H,3-8H2,1-2H3,(H,19,20)/b10-9+. The Morgan fingerprint density at radius 1 is 1.05 bits per heavy atom. The molecule has 1 fully saturated rings. The predicted octanol–water partition coefficient (Wildman–Crippen LogP) is 3.56. The van der Waals surface area contributed by atoms with Gasteiger partial charge in [0, 0.05) is 18.2 Å².